The van der Waals surface area contributed by atoms with Crippen LogP contribution in [0.1, 0.15) is 47.5 Å². The fraction of sp³-hybridized carbons (Fsp3) is 0.846. The second-order valence-electron chi connectivity index (χ2n) is 6.24. The van der Waals surface area contributed by atoms with Crippen molar-refractivity contribution in [1.82, 2.24) is 0 Å². The second-order valence-corrected chi connectivity index (χ2v) is 6.24. The molecule has 1 amide bonds. The normalized spacial score (nSPS) is 36.6. The van der Waals surface area contributed by atoms with Gasteiger partial charge in [0, 0.05) is 18.8 Å². The van der Waals surface area contributed by atoms with E-state index in [2.05, 4.69) is 0 Å². The van der Waals surface area contributed by atoms with Crippen molar-refractivity contribution in [2.45, 2.75) is 58.5 Å². The molecule has 0 bridgehead atoms. The predicted molar refractivity (Wildman–Crippen MR) is 64.7 cm³/mol. The van der Waals surface area contributed by atoms with Crippen molar-refractivity contribution >= 4 is 12.1 Å². The van der Waals surface area contributed by atoms with Crippen LogP contribution in [-0.4, -0.2) is 39.3 Å². The Morgan fingerprint density at radius 3 is 2.17 bits per heavy atom. The lowest BCUT2D eigenvalue weighted by Crippen LogP contribution is -2.78. The van der Waals surface area contributed by atoms with Crippen LogP contribution in [-0.2, 0) is 4.79 Å². The Morgan fingerprint density at radius 2 is 1.94 bits per heavy atom. The second kappa shape index (κ2) is 4.23. The first kappa shape index (κ1) is 15.0. The number of quaternary nitrogens is 1. The molecule has 0 aromatic carbocycles. The monoisotopic (exact) mass is 257 g/mol. The molecule has 18 heavy (non-hydrogen) atoms. The molecule has 5 heteroatoms. The Hall–Kier alpha value is -1.10. The molecule has 0 spiro atoms. The Bertz CT molecular complexity index is 374. The maximum absolute atomic E-state index is 11.8. The maximum atomic E-state index is 11.8. The lowest BCUT2D eigenvalue weighted by atomic mass is 9.79. The van der Waals surface area contributed by atoms with Gasteiger partial charge in [0.25, 0.3) is 6.09 Å². The molecule has 0 radical (unpaired) electrons. The predicted octanol–water partition coefficient (Wildman–Crippen LogP) is 1.22. The summed E-state index contributed by atoms with van der Waals surface area (Å²) >= 11 is 0. The lowest BCUT2D eigenvalue weighted by Gasteiger charge is -2.54. The first-order valence-corrected chi connectivity index (χ1v) is 6.41. The van der Waals surface area contributed by atoms with Crippen LogP contribution in [0.5, 0.6) is 0 Å². The van der Waals surface area contributed by atoms with E-state index in [1.54, 1.807) is 27.7 Å². The highest BCUT2D eigenvalue weighted by Crippen LogP contribution is 2.49. The topological polar surface area (TPSA) is 77.4 Å². The van der Waals surface area contributed by atoms with Crippen molar-refractivity contribution < 1.29 is 24.3 Å². The molecule has 104 valence electrons. The molecule has 3 atom stereocenters. The first-order valence-electron chi connectivity index (χ1n) is 6.41. The van der Waals surface area contributed by atoms with Crippen LogP contribution in [0.3, 0.4) is 0 Å². The van der Waals surface area contributed by atoms with E-state index in [1.165, 1.54) is 0 Å². The Labute approximate surface area is 108 Å². The highest BCUT2D eigenvalue weighted by Gasteiger charge is 2.68. The van der Waals surface area contributed by atoms with Gasteiger partial charge in [-0.2, -0.15) is 0 Å². The number of rotatable bonds is 2. The van der Waals surface area contributed by atoms with Gasteiger partial charge in [-0.25, -0.2) is 4.79 Å². The summed E-state index contributed by atoms with van der Waals surface area (Å²) in [5, 5.41) is 21.5. The lowest BCUT2D eigenvalue weighted by molar-refractivity contribution is -0.947. The molecule has 1 saturated heterocycles. The largest absolute Gasteiger partial charge is 0.498 e. The number of carboxylic acids is 1. The van der Waals surface area contributed by atoms with Gasteiger partial charge in [-0.1, -0.05) is 13.8 Å². The molecule has 0 aliphatic carbocycles. The molecule has 0 aromatic rings. The van der Waals surface area contributed by atoms with Crippen molar-refractivity contribution in [2.75, 3.05) is 6.54 Å². The van der Waals surface area contributed by atoms with E-state index in [-0.39, 0.29) is 12.3 Å². The summed E-state index contributed by atoms with van der Waals surface area (Å²) in [6, 6.07) is 0. The van der Waals surface area contributed by atoms with E-state index >= 15 is 0 Å². The summed E-state index contributed by atoms with van der Waals surface area (Å²) in [6.07, 6.45) is -0.406. The summed E-state index contributed by atoms with van der Waals surface area (Å²) in [5.74, 6) is -1.22. The van der Waals surface area contributed by atoms with E-state index < -0.39 is 27.6 Å². The van der Waals surface area contributed by atoms with Crippen LogP contribution >= 0.6 is 0 Å². The summed E-state index contributed by atoms with van der Waals surface area (Å²) < 4.78 is -0.493. The summed E-state index contributed by atoms with van der Waals surface area (Å²) in [4.78, 5) is 23.6. The fourth-order valence-corrected chi connectivity index (χ4v) is 3.81. The number of carboxylic acid groups (broad SMARTS) is 2. The zero-order valence-electron chi connectivity index (χ0n) is 11.8. The molecule has 1 rings (SSSR count). The highest BCUT2D eigenvalue weighted by atomic mass is 16.4. The van der Waals surface area contributed by atoms with Crippen LogP contribution in [0.15, 0.2) is 0 Å². The van der Waals surface area contributed by atoms with Gasteiger partial charge in [-0.15, -0.1) is 0 Å². The summed E-state index contributed by atoms with van der Waals surface area (Å²) in [6.45, 7) is 9.20. The third kappa shape index (κ3) is 1.49. The summed E-state index contributed by atoms with van der Waals surface area (Å²) in [7, 11) is 0. The maximum Gasteiger partial charge on any atom is 0.366 e. The Balaban J connectivity index is 3.61. The average Bonchev–Trinajstić information content (AvgIpc) is 2.52. The molecule has 1 heterocycles. The minimum atomic E-state index is -1.29. The summed E-state index contributed by atoms with van der Waals surface area (Å²) in [5.41, 5.74) is -2.00. The van der Waals surface area contributed by atoms with E-state index in [0.29, 0.717) is 13.0 Å². The molecule has 1 aliphatic heterocycles. The molecular formula is C13H23NO4. The standard InChI is InChI=1S/C13H23NO4/c1-6-13(10(15)16)9(2)7-8-14(13,11(17)18)12(3,4)5/h9H,6-8H2,1-5H3,(H-,15,16,17,18)/t9-,13-,14?/m0/s1. The molecule has 0 aromatic heterocycles. The number of amides is 1. The van der Waals surface area contributed by atoms with Gasteiger partial charge in [-0.05, 0) is 20.8 Å². The quantitative estimate of drug-likeness (QED) is 0.754. The molecule has 0 saturated carbocycles. The van der Waals surface area contributed by atoms with Gasteiger partial charge in [0.05, 0.1) is 12.1 Å². The average molecular weight is 257 g/mol. The Morgan fingerprint density at radius 1 is 1.44 bits per heavy atom. The zero-order chi connectivity index (χ0) is 14.4. The third-order valence-electron chi connectivity index (χ3n) is 4.76. The van der Waals surface area contributed by atoms with Gasteiger partial charge in [-0.3, -0.25) is 4.48 Å². The highest BCUT2D eigenvalue weighted by molar-refractivity contribution is 5.80. The van der Waals surface area contributed by atoms with Crippen molar-refractivity contribution in [1.29, 1.82) is 0 Å². The number of aliphatic carboxylic acids is 1. The number of nitrogens with zero attached hydrogens (tertiary/aromatic N) is 1. The minimum Gasteiger partial charge on any atom is -0.498 e. The molecule has 5 nitrogen and oxygen atoms in total. The van der Waals surface area contributed by atoms with Crippen molar-refractivity contribution in [2.24, 2.45) is 5.92 Å². The number of carbonyl (C=O) groups is 2. The van der Waals surface area contributed by atoms with E-state index in [1.807, 2.05) is 6.92 Å². The molecule has 1 N–H and O–H groups in total. The van der Waals surface area contributed by atoms with Crippen LogP contribution in [0, 0.1) is 5.92 Å². The molecule has 1 fully saturated rings. The van der Waals surface area contributed by atoms with Crippen LogP contribution in [0.2, 0.25) is 0 Å². The number of likely N-dealkylation sites (tertiary alicyclic amines) is 1. The molecular weight excluding hydrogens is 234 g/mol. The van der Waals surface area contributed by atoms with Crippen LogP contribution < -0.4 is 5.11 Å². The van der Waals surface area contributed by atoms with Gasteiger partial charge < -0.3 is 15.0 Å². The molecule has 1 aliphatic rings. The minimum absolute atomic E-state index is 0.183. The van der Waals surface area contributed by atoms with Crippen molar-refractivity contribution in [3.8, 4) is 0 Å². The number of hydrogen-bond acceptors (Lipinski definition) is 3. The smallest absolute Gasteiger partial charge is 0.366 e. The van der Waals surface area contributed by atoms with E-state index in [4.69, 9.17) is 0 Å². The first-order chi connectivity index (χ1) is 8.08. The number of hydrogen-bond donors (Lipinski definition) is 1. The van der Waals surface area contributed by atoms with Gasteiger partial charge >= 0.3 is 5.97 Å². The van der Waals surface area contributed by atoms with Gasteiger partial charge in [0.1, 0.15) is 0 Å². The van der Waals surface area contributed by atoms with Crippen molar-refractivity contribution in [3.63, 3.8) is 0 Å². The van der Waals surface area contributed by atoms with Crippen molar-refractivity contribution in [3.05, 3.63) is 0 Å². The zero-order valence-corrected chi connectivity index (χ0v) is 11.8. The van der Waals surface area contributed by atoms with E-state index in [0.717, 1.165) is 0 Å². The van der Waals surface area contributed by atoms with Crippen LogP contribution in [0.25, 0.3) is 0 Å². The third-order valence-corrected chi connectivity index (χ3v) is 4.76. The fourth-order valence-electron chi connectivity index (χ4n) is 3.81. The Kier molecular flexibility index (Phi) is 3.51. The van der Waals surface area contributed by atoms with E-state index in [9.17, 15) is 19.8 Å². The number of carbonyl (C=O) groups excluding carboxylic acids is 1. The van der Waals surface area contributed by atoms with Gasteiger partial charge in [0.15, 0.2) is 0 Å². The van der Waals surface area contributed by atoms with Gasteiger partial charge in [0.2, 0.25) is 5.54 Å². The molecule has 1 unspecified atom stereocenters. The SMILES string of the molecule is CC[C@@]1(C(=O)O)[C@@H](C)CC[N+]1(C(=O)[O-])C(C)(C)C. The van der Waals surface area contributed by atoms with Crippen LogP contribution in [0.4, 0.5) is 4.79 Å².